The van der Waals surface area contributed by atoms with Crippen LogP contribution < -0.4 is 9.46 Å². The molecular weight excluding hydrogens is 441 g/mol. The first-order valence-electron chi connectivity index (χ1n) is 8.12. The molecule has 154 valence electrons. The Morgan fingerprint density at radius 1 is 1.10 bits per heavy atom. The van der Waals surface area contributed by atoms with Crippen molar-refractivity contribution < 1.29 is 27.5 Å². The van der Waals surface area contributed by atoms with Gasteiger partial charge >= 0.3 is 5.97 Å². The number of esters is 1. The van der Waals surface area contributed by atoms with Crippen molar-refractivity contribution in [1.82, 2.24) is 4.72 Å². The van der Waals surface area contributed by atoms with Gasteiger partial charge in [0.15, 0.2) is 12.4 Å². The molecule has 2 aromatic carbocycles. The zero-order chi connectivity index (χ0) is 21.6. The van der Waals surface area contributed by atoms with Crippen LogP contribution in [0.2, 0.25) is 10.0 Å². The molecule has 0 spiro atoms. The van der Waals surface area contributed by atoms with Gasteiger partial charge in [0.1, 0.15) is 10.6 Å². The molecule has 0 aliphatic rings. The van der Waals surface area contributed by atoms with Gasteiger partial charge in [0.05, 0.1) is 17.2 Å². The van der Waals surface area contributed by atoms with Crippen LogP contribution in [0.5, 0.6) is 5.75 Å². The highest BCUT2D eigenvalue weighted by atomic mass is 35.5. The molecule has 2 rings (SSSR count). The molecule has 0 saturated heterocycles. The first kappa shape index (κ1) is 22.9. The van der Waals surface area contributed by atoms with Gasteiger partial charge in [-0.2, -0.15) is 0 Å². The second-order valence-electron chi connectivity index (χ2n) is 5.61. The zero-order valence-corrected chi connectivity index (χ0v) is 17.8. The van der Waals surface area contributed by atoms with Crippen LogP contribution in [0.1, 0.15) is 15.9 Å². The first-order chi connectivity index (χ1) is 13.7. The van der Waals surface area contributed by atoms with Crippen LogP contribution in [0.3, 0.4) is 0 Å². The Kier molecular flexibility index (Phi) is 7.80. The largest absolute Gasteiger partial charge is 0.495 e. The van der Waals surface area contributed by atoms with E-state index in [2.05, 4.69) is 4.72 Å². The van der Waals surface area contributed by atoms with E-state index in [9.17, 15) is 18.0 Å². The molecule has 10 heteroatoms. The van der Waals surface area contributed by atoms with Crippen LogP contribution in [-0.4, -0.2) is 40.9 Å². The second kappa shape index (κ2) is 9.89. The number of nitrogens with one attached hydrogen (secondary N) is 1. The SMILES string of the molecule is CNS(=O)(=O)c1cc(/C=C/C(=O)OCC(=O)c2ccc(Cl)c(Cl)c2)ccc1OC. The average molecular weight is 458 g/mol. The smallest absolute Gasteiger partial charge is 0.331 e. The maximum absolute atomic E-state index is 12.1. The number of benzene rings is 2. The Morgan fingerprint density at radius 2 is 1.83 bits per heavy atom. The van der Waals surface area contributed by atoms with Crippen LogP contribution in [0, 0.1) is 0 Å². The number of Topliss-reactive ketones (excluding diaryl/α,β-unsaturated/α-hetero) is 1. The van der Waals surface area contributed by atoms with Gasteiger partial charge in [0, 0.05) is 11.6 Å². The lowest BCUT2D eigenvalue weighted by Gasteiger charge is -2.09. The highest BCUT2D eigenvalue weighted by molar-refractivity contribution is 7.89. The Bertz CT molecular complexity index is 1070. The highest BCUT2D eigenvalue weighted by Crippen LogP contribution is 2.25. The number of rotatable bonds is 8. The van der Waals surface area contributed by atoms with Gasteiger partial charge in [-0.1, -0.05) is 29.3 Å². The number of hydrogen-bond acceptors (Lipinski definition) is 6. The number of methoxy groups -OCH3 is 1. The summed E-state index contributed by atoms with van der Waals surface area (Å²) in [6.45, 7) is -0.483. The molecule has 29 heavy (non-hydrogen) atoms. The van der Waals surface area contributed by atoms with Gasteiger partial charge in [0.2, 0.25) is 10.0 Å². The molecule has 0 saturated carbocycles. The monoisotopic (exact) mass is 457 g/mol. The number of sulfonamides is 1. The summed E-state index contributed by atoms with van der Waals surface area (Å²) in [6, 6.07) is 8.70. The number of ketones is 1. The van der Waals surface area contributed by atoms with Crippen molar-refractivity contribution in [2.75, 3.05) is 20.8 Å². The Hall–Kier alpha value is -2.39. The molecule has 0 aliphatic heterocycles. The van der Waals surface area contributed by atoms with Gasteiger partial charge in [-0.3, -0.25) is 4.79 Å². The summed E-state index contributed by atoms with van der Waals surface area (Å²) >= 11 is 11.6. The van der Waals surface area contributed by atoms with Gasteiger partial charge < -0.3 is 9.47 Å². The van der Waals surface area contributed by atoms with E-state index in [-0.39, 0.29) is 21.2 Å². The normalized spacial score (nSPS) is 11.4. The standard InChI is InChI=1S/C19H17Cl2NO6S/c1-22-29(25,26)18-9-12(3-7-17(18)27-2)4-8-19(24)28-11-16(23)13-5-6-14(20)15(21)10-13/h3-10,22H,11H2,1-2H3/b8-4+. The van der Waals surface area contributed by atoms with Crippen LogP contribution >= 0.6 is 23.2 Å². The third kappa shape index (κ3) is 6.04. The fourth-order valence-electron chi connectivity index (χ4n) is 2.22. The van der Waals surface area contributed by atoms with Crippen molar-refractivity contribution in [2.24, 2.45) is 0 Å². The zero-order valence-electron chi connectivity index (χ0n) is 15.4. The Balaban J connectivity index is 2.06. The lowest BCUT2D eigenvalue weighted by atomic mass is 10.1. The summed E-state index contributed by atoms with van der Waals surface area (Å²) in [4.78, 5) is 23.8. The van der Waals surface area contributed by atoms with Crippen molar-refractivity contribution in [3.8, 4) is 5.75 Å². The molecule has 0 aliphatic carbocycles. The van der Waals surface area contributed by atoms with E-state index in [4.69, 9.17) is 32.7 Å². The number of hydrogen-bond donors (Lipinski definition) is 1. The summed E-state index contributed by atoms with van der Waals surface area (Å²) in [7, 11) is -1.12. The summed E-state index contributed by atoms with van der Waals surface area (Å²) < 4.78 is 36.3. The van der Waals surface area contributed by atoms with Crippen LogP contribution in [-0.2, 0) is 19.6 Å². The molecule has 0 amide bonds. The molecule has 7 nitrogen and oxygen atoms in total. The van der Waals surface area contributed by atoms with E-state index in [0.29, 0.717) is 10.6 Å². The van der Waals surface area contributed by atoms with E-state index in [0.717, 1.165) is 6.08 Å². The lowest BCUT2D eigenvalue weighted by Crippen LogP contribution is -2.19. The van der Waals surface area contributed by atoms with E-state index in [1.165, 1.54) is 50.6 Å². The van der Waals surface area contributed by atoms with E-state index >= 15 is 0 Å². The van der Waals surface area contributed by atoms with E-state index in [1.54, 1.807) is 6.07 Å². The maximum atomic E-state index is 12.1. The molecule has 0 unspecified atom stereocenters. The molecule has 0 fully saturated rings. The van der Waals surface area contributed by atoms with Gasteiger partial charge in [0.25, 0.3) is 0 Å². The molecule has 0 radical (unpaired) electrons. The van der Waals surface area contributed by atoms with Crippen LogP contribution in [0.15, 0.2) is 47.4 Å². The fraction of sp³-hybridized carbons (Fsp3) is 0.158. The Morgan fingerprint density at radius 3 is 2.45 bits per heavy atom. The van der Waals surface area contributed by atoms with Gasteiger partial charge in [-0.05, 0) is 49.0 Å². The maximum Gasteiger partial charge on any atom is 0.331 e. The highest BCUT2D eigenvalue weighted by Gasteiger charge is 2.18. The van der Waals surface area contributed by atoms with Crippen molar-refractivity contribution in [3.63, 3.8) is 0 Å². The molecular formula is C19H17Cl2NO6S. The van der Waals surface area contributed by atoms with Crippen LogP contribution in [0.25, 0.3) is 6.08 Å². The first-order valence-corrected chi connectivity index (χ1v) is 10.4. The number of halogens is 2. The minimum absolute atomic E-state index is 0.0761. The average Bonchev–Trinajstić information content (AvgIpc) is 2.72. The predicted molar refractivity (Wildman–Crippen MR) is 110 cm³/mol. The van der Waals surface area contributed by atoms with Crippen molar-refractivity contribution in [3.05, 3.63) is 63.6 Å². The van der Waals surface area contributed by atoms with Crippen molar-refractivity contribution in [1.29, 1.82) is 0 Å². The van der Waals surface area contributed by atoms with Gasteiger partial charge in [-0.15, -0.1) is 0 Å². The summed E-state index contributed by atoms with van der Waals surface area (Å²) in [5.74, 6) is -1.06. The summed E-state index contributed by atoms with van der Waals surface area (Å²) in [6.07, 6.45) is 2.44. The third-order valence-electron chi connectivity index (χ3n) is 3.74. The molecule has 0 heterocycles. The quantitative estimate of drug-likeness (QED) is 0.370. The van der Waals surface area contributed by atoms with Crippen molar-refractivity contribution in [2.45, 2.75) is 4.90 Å². The molecule has 0 bridgehead atoms. The molecule has 1 N–H and O–H groups in total. The summed E-state index contributed by atoms with van der Waals surface area (Å²) in [5.41, 5.74) is 0.681. The predicted octanol–water partition coefficient (Wildman–Crippen LogP) is 3.35. The molecule has 0 aromatic heterocycles. The number of carbonyl (C=O) groups is 2. The Labute approximate surface area is 178 Å². The fourth-order valence-corrected chi connectivity index (χ4v) is 3.44. The van der Waals surface area contributed by atoms with E-state index in [1.807, 2.05) is 0 Å². The third-order valence-corrected chi connectivity index (χ3v) is 5.92. The second-order valence-corrected chi connectivity index (χ2v) is 8.28. The molecule has 0 atom stereocenters. The minimum Gasteiger partial charge on any atom is -0.495 e. The molecule has 2 aromatic rings. The number of carbonyl (C=O) groups excluding carboxylic acids is 2. The summed E-state index contributed by atoms with van der Waals surface area (Å²) in [5, 5.41) is 0.526. The topological polar surface area (TPSA) is 98.8 Å². The van der Waals surface area contributed by atoms with Crippen molar-refractivity contribution >= 4 is 51.1 Å². The van der Waals surface area contributed by atoms with E-state index < -0.39 is 28.4 Å². The van der Waals surface area contributed by atoms with Gasteiger partial charge in [-0.25, -0.2) is 17.9 Å². The van der Waals surface area contributed by atoms with Crippen LogP contribution in [0.4, 0.5) is 0 Å². The number of ether oxygens (including phenoxy) is 2. The minimum atomic E-state index is -3.75. The lowest BCUT2D eigenvalue weighted by molar-refractivity contribution is -0.136.